The second kappa shape index (κ2) is 6.38. The number of alkyl carbamates (subject to hydrolysis) is 1. The highest BCUT2D eigenvalue weighted by Crippen LogP contribution is 2.07. The molecule has 1 amide bonds. The van der Waals surface area contributed by atoms with Crippen molar-refractivity contribution < 1.29 is 23.1 Å². The fraction of sp³-hybridized carbons (Fsp3) is 0.909. The van der Waals surface area contributed by atoms with Crippen LogP contribution in [0.15, 0.2) is 0 Å². The molecule has 0 aromatic heterocycles. The summed E-state index contributed by atoms with van der Waals surface area (Å²) in [7, 11) is -3.32. The zero-order chi connectivity index (χ0) is 14.6. The van der Waals surface area contributed by atoms with Gasteiger partial charge in [0.15, 0.2) is 9.84 Å². The Labute approximate surface area is 109 Å². The Hall–Kier alpha value is -0.820. The zero-order valence-electron chi connectivity index (χ0n) is 11.6. The number of ether oxygens (including phenoxy) is 1. The Bertz CT molecular complexity index is 369. The number of rotatable bonds is 5. The maximum absolute atomic E-state index is 11.5. The molecule has 0 aliphatic heterocycles. The van der Waals surface area contributed by atoms with Gasteiger partial charge in [-0.05, 0) is 34.6 Å². The first kappa shape index (κ1) is 17.2. The number of hydrogen-bond acceptors (Lipinski definition) is 5. The van der Waals surface area contributed by atoms with Crippen molar-refractivity contribution in [3.05, 3.63) is 0 Å². The van der Waals surface area contributed by atoms with E-state index in [1.807, 2.05) is 0 Å². The first-order chi connectivity index (χ1) is 7.94. The highest BCUT2D eigenvalue weighted by Gasteiger charge is 2.22. The second-order valence-electron chi connectivity index (χ2n) is 5.41. The van der Waals surface area contributed by atoms with Crippen LogP contribution in [0, 0.1) is 0 Å². The number of sulfone groups is 1. The molecule has 0 saturated heterocycles. The summed E-state index contributed by atoms with van der Waals surface area (Å²) in [6.07, 6.45) is -1.81. The molecule has 0 aliphatic rings. The van der Waals surface area contributed by atoms with E-state index in [0.717, 1.165) is 0 Å². The number of amides is 1. The Morgan fingerprint density at radius 2 is 1.83 bits per heavy atom. The van der Waals surface area contributed by atoms with Crippen LogP contribution in [-0.2, 0) is 14.6 Å². The van der Waals surface area contributed by atoms with E-state index in [1.165, 1.54) is 0 Å². The number of nitrogens with one attached hydrogen (secondary N) is 1. The smallest absolute Gasteiger partial charge is 0.407 e. The summed E-state index contributed by atoms with van der Waals surface area (Å²) < 4.78 is 28.0. The summed E-state index contributed by atoms with van der Waals surface area (Å²) in [6, 6.07) is 0. The maximum atomic E-state index is 11.5. The fourth-order valence-electron chi connectivity index (χ4n) is 1.03. The van der Waals surface area contributed by atoms with Crippen LogP contribution >= 0.6 is 0 Å². The molecule has 0 radical (unpaired) electrons. The van der Waals surface area contributed by atoms with Gasteiger partial charge in [-0.1, -0.05) is 0 Å². The number of aliphatic hydroxyl groups excluding tert-OH is 1. The third kappa shape index (κ3) is 7.50. The van der Waals surface area contributed by atoms with Gasteiger partial charge in [0.25, 0.3) is 0 Å². The Morgan fingerprint density at radius 3 is 2.22 bits per heavy atom. The highest BCUT2D eigenvalue weighted by molar-refractivity contribution is 7.92. The lowest BCUT2D eigenvalue weighted by atomic mass is 10.2. The third-order valence-corrected chi connectivity index (χ3v) is 4.31. The van der Waals surface area contributed by atoms with Gasteiger partial charge in [0.1, 0.15) is 5.60 Å². The quantitative estimate of drug-likeness (QED) is 0.773. The van der Waals surface area contributed by atoms with Crippen molar-refractivity contribution in [2.45, 2.75) is 51.6 Å². The number of hydrogen-bond donors (Lipinski definition) is 2. The van der Waals surface area contributed by atoms with Crippen LogP contribution in [0.3, 0.4) is 0 Å². The lowest BCUT2D eigenvalue weighted by molar-refractivity contribution is 0.0498. The summed E-state index contributed by atoms with van der Waals surface area (Å²) in [4.78, 5) is 11.3. The molecule has 2 N–H and O–H groups in total. The van der Waals surface area contributed by atoms with Crippen molar-refractivity contribution in [3.63, 3.8) is 0 Å². The lowest BCUT2D eigenvalue weighted by Crippen LogP contribution is -2.40. The normalized spacial score (nSPS) is 14.4. The van der Waals surface area contributed by atoms with Crippen LogP contribution in [0.1, 0.15) is 34.6 Å². The van der Waals surface area contributed by atoms with E-state index < -0.39 is 32.9 Å². The molecule has 0 aromatic rings. The lowest BCUT2D eigenvalue weighted by Gasteiger charge is -2.20. The average molecular weight is 281 g/mol. The van der Waals surface area contributed by atoms with Crippen LogP contribution in [0.25, 0.3) is 0 Å². The first-order valence-electron chi connectivity index (χ1n) is 5.80. The topological polar surface area (TPSA) is 92.7 Å². The minimum absolute atomic E-state index is 0.152. The van der Waals surface area contributed by atoms with Gasteiger partial charge in [0.2, 0.25) is 0 Å². The Kier molecular flexibility index (Phi) is 6.09. The SMILES string of the molecule is CC(C)S(=O)(=O)CC(O)CNC(=O)OC(C)(C)C. The van der Waals surface area contributed by atoms with E-state index in [9.17, 15) is 18.3 Å². The predicted molar refractivity (Wildman–Crippen MR) is 69.2 cm³/mol. The molecular weight excluding hydrogens is 258 g/mol. The molecule has 0 spiro atoms. The van der Waals surface area contributed by atoms with E-state index in [2.05, 4.69) is 5.32 Å². The van der Waals surface area contributed by atoms with Crippen LogP contribution in [0.2, 0.25) is 0 Å². The monoisotopic (exact) mass is 281 g/mol. The second-order valence-corrected chi connectivity index (χ2v) is 8.02. The highest BCUT2D eigenvalue weighted by atomic mass is 32.2. The third-order valence-electron chi connectivity index (χ3n) is 2.02. The van der Waals surface area contributed by atoms with Crippen molar-refractivity contribution in [2.75, 3.05) is 12.3 Å². The summed E-state index contributed by atoms with van der Waals surface area (Å²) in [5.41, 5.74) is -0.626. The van der Waals surface area contributed by atoms with Crippen LogP contribution in [0.5, 0.6) is 0 Å². The molecule has 0 heterocycles. The summed E-state index contributed by atoms with van der Waals surface area (Å²) in [6.45, 7) is 8.08. The molecule has 108 valence electrons. The average Bonchev–Trinajstić information content (AvgIpc) is 2.11. The van der Waals surface area contributed by atoms with Crippen molar-refractivity contribution in [1.29, 1.82) is 0 Å². The van der Waals surface area contributed by atoms with Crippen molar-refractivity contribution in [1.82, 2.24) is 5.32 Å². The van der Waals surface area contributed by atoms with Crippen LogP contribution < -0.4 is 5.32 Å². The molecule has 0 aliphatic carbocycles. The Morgan fingerprint density at radius 1 is 1.33 bits per heavy atom. The van der Waals surface area contributed by atoms with E-state index in [4.69, 9.17) is 4.74 Å². The fourth-order valence-corrected chi connectivity index (χ4v) is 2.07. The molecule has 7 heteroatoms. The van der Waals surface area contributed by atoms with Crippen molar-refractivity contribution in [3.8, 4) is 0 Å². The largest absolute Gasteiger partial charge is 0.444 e. The van der Waals surface area contributed by atoms with Gasteiger partial charge in [0.05, 0.1) is 17.1 Å². The summed E-state index contributed by atoms with van der Waals surface area (Å²) in [5.74, 6) is -0.375. The summed E-state index contributed by atoms with van der Waals surface area (Å²) in [5, 5.41) is 11.3. The van der Waals surface area contributed by atoms with Crippen LogP contribution in [-0.4, -0.2) is 48.9 Å². The molecule has 1 unspecified atom stereocenters. The van der Waals surface area contributed by atoms with E-state index in [1.54, 1.807) is 34.6 Å². The molecule has 0 rings (SSSR count). The number of carbonyl (C=O) groups is 1. The van der Waals surface area contributed by atoms with E-state index in [-0.39, 0.29) is 12.3 Å². The van der Waals surface area contributed by atoms with Crippen molar-refractivity contribution >= 4 is 15.9 Å². The standard InChI is InChI=1S/C11H23NO5S/c1-8(2)18(15,16)7-9(13)6-12-10(14)17-11(3,4)5/h8-9,13H,6-7H2,1-5H3,(H,12,14). The predicted octanol–water partition coefficient (Wildman–Crippen LogP) is 0.695. The van der Waals surface area contributed by atoms with Gasteiger partial charge in [-0.3, -0.25) is 0 Å². The molecule has 1 atom stereocenters. The molecule has 0 fully saturated rings. The minimum atomic E-state index is -3.32. The van der Waals surface area contributed by atoms with Gasteiger partial charge in [-0.2, -0.15) is 0 Å². The molecule has 6 nitrogen and oxygen atoms in total. The van der Waals surface area contributed by atoms with E-state index in [0.29, 0.717) is 0 Å². The van der Waals surface area contributed by atoms with Gasteiger partial charge in [0, 0.05) is 6.54 Å². The molecule has 0 saturated carbocycles. The van der Waals surface area contributed by atoms with Gasteiger partial charge in [-0.25, -0.2) is 13.2 Å². The number of aliphatic hydroxyl groups is 1. The number of carbonyl (C=O) groups excluding carboxylic acids is 1. The van der Waals surface area contributed by atoms with E-state index >= 15 is 0 Å². The minimum Gasteiger partial charge on any atom is -0.444 e. The van der Waals surface area contributed by atoms with Gasteiger partial charge >= 0.3 is 6.09 Å². The summed E-state index contributed by atoms with van der Waals surface area (Å²) >= 11 is 0. The molecule has 0 aromatic carbocycles. The Balaban J connectivity index is 4.13. The van der Waals surface area contributed by atoms with Crippen molar-refractivity contribution in [2.24, 2.45) is 0 Å². The molecule has 0 bridgehead atoms. The zero-order valence-corrected chi connectivity index (χ0v) is 12.4. The first-order valence-corrected chi connectivity index (χ1v) is 7.52. The van der Waals surface area contributed by atoms with Gasteiger partial charge in [-0.15, -0.1) is 0 Å². The maximum Gasteiger partial charge on any atom is 0.407 e. The molecular formula is C11H23NO5S. The molecule has 18 heavy (non-hydrogen) atoms. The van der Waals surface area contributed by atoms with Gasteiger partial charge < -0.3 is 15.2 Å². The van der Waals surface area contributed by atoms with Crippen LogP contribution in [0.4, 0.5) is 4.79 Å².